The first-order chi connectivity index (χ1) is 7.00. The van der Waals surface area contributed by atoms with Crippen LogP contribution in [0.15, 0.2) is 18.2 Å². The number of aliphatic hydroxyl groups excluding tert-OH is 1. The van der Waals surface area contributed by atoms with Gasteiger partial charge in [0.1, 0.15) is 6.10 Å². The lowest BCUT2D eigenvalue weighted by atomic mass is 10.2. The predicted molar refractivity (Wildman–Crippen MR) is 59.3 cm³/mol. The fourth-order valence-corrected chi connectivity index (χ4v) is 1.13. The topological polar surface area (TPSA) is 101 Å². The van der Waals surface area contributed by atoms with Crippen molar-refractivity contribution >= 4 is 17.3 Å². The van der Waals surface area contributed by atoms with E-state index >= 15 is 0 Å². The summed E-state index contributed by atoms with van der Waals surface area (Å²) in [6.07, 6.45) is -1.20. The van der Waals surface area contributed by atoms with Gasteiger partial charge in [-0.25, -0.2) is 0 Å². The summed E-state index contributed by atoms with van der Waals surface area (Å²) < 4.78 is 0. The van der Waals surface area contributed by atoms with Gasteiger partial charge in [0.2, 0.25) is 5.91 Å². The average Bonchev–Trinajstić information content (AvgIpc) is 2.18. The zero-order chi connectivity index (χ0) is 11.4. The number of nitrogens with two attached hydrogens (primary N) is 2. The summed E-state index contributed by atoms with van der Waals surface area (Å²) in [5.41, 5.74) is 12.9. The van der Waals surface area contributed by atoms with Gasteiger partial charge in [0.25, 0.3) is 0 Å². The Hall–Kier alpha value is -1.75. The maximum absolute atomic E-state index is 10.6. The average molecular weight is 209 g/mol. The molecule has 1 aromatic rings. The van der Waals surface area contributed by atoms with Crippen molar-refractivity contribution < 1.29 is 9.90 Å². The molecule has 1 amide bonds. The third kappa shape index (κ3) is 3.14. The monoisotopic (exact) mass is 209 g/mol. The molecular weight excluding hydrogens is 194 g/mol. The van der Waals surface area contributed by atoms with Crippen LogP contribution in [0, 0.1) is 6.92 Å². The molecule has 0 fully saturated rings. The molecule has 1 aromatic carbocycles. The molecule has 1 rings (SSSR count). The number of nitrogen functional groups attached to an aromatic ring is 1. The molecule has 0 aliphatic heterocycles. The molecule has 0 bridgehead atoms. The first-order valence-electron chi connectivity index (χ1n) is 4.58. The maximum Gasteiger partial charge on any atom is 0.248 e. The van der Waals surface area contributed by atoms with Gasteiger partial charge in [-0.15, -0.1) is 0 Å². The van der Waals surface area contributed by atoms with Crippen molar-refractivity contribution in [2.24, 2.45) is 5.73 Å². The molecule has 5 nitrogen and oxygen atoms in total. The van der Waals surface area contributed by atoms with E-state index in [-0.39, 0.29) is 6.54 Å². The Morgan fingerprint density at radius 2 is 2.27 bits per heavy atom. The molecule has 0 aliphatic rings. The molecule has 0 saturated carbocycles. The van der Waals surface area contributed by atoms with Gasteiger partial charge in [0.15, 0.2) is 0 Å². The third-order valence-electron chi connectivity index (χ3n) is 2.02. The van der Waals surface area contributed by atoms with E-state index in [1.807, 2.05) is 19.1 Å². The summed E-state index contributed by atoms with van der Waals surface area (Å²) in [7, 11) is 0. The van der Waals surface area contributed by atoms with Gasteiger partial charge < -0.3 is 21.9 Å². The minimum absolute atomic E-state index is 0.0585. The molecule has 0 heterocycles. The molecule has 5 heteroatoms. The lowest BCUT2D eigenvalue weighted by Crippen LogP contribution is -2.34. The second-order valence-electron chi connectivity index (χ2n) is 3.39. The van der Waals surface area contributed by atoms with Gasteiger partial charge in [0.05, 0.1) is 11.4 Å². The summed E-state index contributed by atoms with van der Waals surface area (Å²) in [5.74, 6) is -0.756. The predicted octanol–water partition coefficient (Wildman–Crippen LogP) is -0.165. The van der Waals surface area contributed by atoms with E-state index in [4.69, 9.17) is 11.5 Å². The smallest absolute Gasteiger partial charge is 0.248 e. The quantitative estimate of drug-likeness (QED) is 0.517. The van der Waals surface area contributed by atoms with Crippen LogP contribution in [0.2, 0.25) is 0 Å². The van der Waals surface area contributed by atoms with Crippen molar-refractivity contribution in [2.45, 2.75) is 13.0 Å². The standard InChI is InChI=1S/C10H15N3O2/c1-6-2-3-7(11)8(4-6)13-5-9(14)10(12)15/h2-4,9,13-14H,5,11H2,1H3,(H2,12,15). The van der Waals surface area contributed by atoms with E-state index < -0.39 is 12.0 Å². The van der Waals surface area contributed by atoms with Crippen LogP contribution in [0.3, 0.4) is 0 Å². The Kier molecular flexibility index (Phi) is 3.51. The molecule has 0 spiro atoms. The van der Waals surface area contributed by atoms with Crippen molar-refractivity contribution in [1.82, 2.24) is 0 Å². The Morgan fingerprint density at radius 3 is 2.87 bits per heavy atom. The summed E-state index contributed by atoms with van der Waals surface area (Å²) in [5, 5.41) is 12.0. The first kappa shape index (κ1) is 11.3. The fraction of sp³-hybridized carbons (Fsp3) is 0.300. The van der Waals surface area contributed by atoms with E-state index in [0.717, 1.165) is 5.56 Å². The number of carbonyl (C=O) groups is 1. The molecule has 82 valence electrons. The van der Waals surface area contributed by atoms with Crippen molar-refractivity contribution in [3.63, 3.8) is 0 Å². The van der Waals surface area contributed by atoms with E-state index in [2.05, 4.69) is 5.32 Å². The Morgan fingerprint density at radius 1 is 1.60 bits per heavy atom. The van der Waals surface area contributed by atoms with Crippen molar-refractivity contribution in [3.05, 3.63) is 23.8 Å². The second kappa shape index (κ2) is 4.65. The number of nitrogens with one attached hydrogen (secondary N) is 1. The number of amides is 1. The number of anilines is 2. The summed E-state index contributed by atoms with van der Waals surface area (Å²) in [6.45, 7) is 1.98. The highest BCUT2D eigenvalue weighted by Crippen LogP contribution is 2.19. The Labute approximate surface area is 88.1 Å². The highest BCUT2D eigenvalue weighted by atomic mass is 16.3. The van der Waals surface area contributed by atoms with Gasteiger partial charge in [-0.2, -0.15) is 0 Å². The molecule has 15 heavy (non-hydrogen) atoms. The third-order valence-corrected chi connectivity index (χ3v) is 2.02. The molecule has 0 aromatic heterocycles. The van der Waals surface area contributed by atoms with Crippen LogP contribution >= 0.6 is 0 Å². The van der Waals surface area contributed by atoms with E-state index in [1.165, 1.54) is 0 Å². The van der Waals surface area contributed by atoms with Crippen LogP contribution in [0.5, 0.6) is 0 Å². The molecular formula is C10H15N3O2. The first-order valence-corrected chi connectivity index (χ1v) is 4.58. The van der Waals surface area contributed by atoms with E-state index in [0.29, 0.717) is 11.4 Å². The summed E-state index contributed by atoms with van der Waals surface area (Å²) >= 11 is 0. The lowest BCUT2D eigenvalue weighted by molar-refractivity contribution is -0.125. The number of aryl methyl sites for hydroxylation is 1. The SMILES string of the molecule is Cc1ccc(N)c(NCC(O)C(N)=O)c1. The van der Waals surface area contributed by atoms with Crippen LogP contribution in [-0.2, 0) is 4.79 Å². The lowest BCUT2D eigenvalue weighted by Gasteiger charge is -2.12. The van der Waals surface area contributed by atoms with Crippen molar-refractivity contribution in [2.75, 3.05) is 17.6 Å². The van der Waals surface area contributed by atoms with Crippen molar-refractivity contribution in [1.29, 1.82) is 0 Å². The summed E-state index contributed by atoms with van der Waals surface area (Å²) in [4.78, 5) is 10.6. The molecule has 0 radical (unpaired) electrons. The van der Waals surface area contributed by atoms with Gasteiger partial charge >= 0.3 is 0 Å². The second-order valence-corrected chi connectivity index (χ2v) is 3.39. The van der Waals surface area contributed by atoms with Gasteiger partial charge in [-0.1, -0.05) is 6.07 Å². The molecule has 0 aliphatic carbocycles. The number of benzene rings is 1. The zero-order valence-corrected chi connectivity index (χ0v) is 8.53. The molecule has 0 saturated heterocycles. The Bertz CT molecular complexity index is 366. The highest BCUT2D eigenvalue weighted by Gasteiger charge is 2.10. The number of hydrogen-bond donors (Lipinski definition) is 4. The van der Waals surface area contributed by atoms with Gasteiger partial charge in [0, 0.05) is 6.54 Å². The summed E-state index contributed by atoms with van der Waals surface area (Å²) in [6, 6.07) is 5.47. The minimum atomic E-state index is -1.20. The van der Waals surface area contributed by atoms with Crippen LogP contribution in [0.4, 0.5) is 11.4 Å². The molecule has 1 unspecified atom stereocenters. The van der Waals surface area contributed by atoms with Crippen LogP contribution in [-0.4, -0.2) is 23.7 Å². The largest absolute Gasteiger partial charge is 0.397 e. The van der Waals surface area contributed by atoms with E-state index in [9.17, 15) is 9.90 Å². The molecule has 1 atom stereocenters. The number of carbonyl (C=O) groups excluding carboxylic acids is 1. The Balaban J connectivity index is 2.65. The van der Waals surface area contributed by atoms with Crippen LogP contribution < -0.4 is 16.8 Å². The molecule has 6 N–H and O–H groups in total. The number of primary amides is 1. The zero-order valence-electron chi connectivity index (χ0n) is 8.53. The number of hydrogen-bond acceptors (Lipinski definition) is 4. The minimum Gasteiger partial charge on any atom is -0.397 e. The van der Waals surface area contributed by atoms with Gasteiger partial charge in [-0.05, 0) is 24.6 Å². The number of rotatable bonds is 4. The van der Waals surface area contributed by atoms with Crippen LogP contribution in [0.25, 0.3) is 0 Å². The normalized spacial score (nSPS) is 12.1. The van der Waals surface area contributed by atoms with E-state index in [1.54, 1.807) is 6.07 Å². The van der Waals surface area contributed by atoms with Gasteiger partial charge in [-0.3, -0.25) is 4.79 Å². The van der Waals surface area contributed by atoms with Crippen LogP contribution in [0.1, 0.15) is 5.56 Å². The number of aliphatic hydroxyl groups is 1. The highest BCUT2D eigenvalue weighted by molar-refractivity contribution is 5.79. The van der Waals surface area contributed by atoms with Crippen molar-refractivity contribution in [3.8, 4) is 0 Å². The fourth-order valence-electron chi connectivity index (χ4n) is 1.13. The maximum atomic E-state index is 10.6.